The predicted molar refractivity (Wildman–Crippen MR) is 114 cm³/mol. The van der Waals surface area contributed by atoms with Gasteiger partial charge in [-0.05, 0) is 52.3 Å². The molecule has 1 atom stereocenters. The van der Waals surface area contributed by atoms with E-state index in [4.69, 9.17) is 4.99 Å². The minimum atomic E-state index is -3.70. The number of benzene rings is 2. The Morgan fingerprint density at radius 2 is 1.57 bits per heavy atom. The molecule has 3 rings (SSSR count). The molecule has 0 bridgehead atoms. The van der Waals surface area contributed by atoms with E-state index in [9.17, 15) is 8.42 Å². The second-order valence-electron chi connectivity index (χ2n) is 7.80. The zero-order valence-corrected chi connectivity index (χ0v) is 18.0. The first-order chi connectivity index (χ1) is 13.2. The zero-order valence-electron chi connectivity index (χ0n) is 17.2. The highest BCUT2D eigenvalue weighted by Gasteiger charge is 2.44. The van der Waals surface area contributed by atoms with Crippen molar-refractivity contribution in [3.05, 3.63) is 65.7 Å². The minimum absolute atomic E-state index is 0.0125. The molecule has 5 nitrogen and oxygen atoms in total. The maximum Gasteiger partial charge on any atom is 0.266 e. The van der Waals surface area contributed by atoms with Gasteiger partial charge in [0.2, 0.25) is 5.96 Å². The predicted octanol–water partition coefficient (Wildman–Crippen LogP) is 4.22. The molecule has 0 aliphatic carbocycles. The van der Waals surface area contributed by atoms with E-state index in [-0.39, 0.29) is 18.1 Å². The number of rotatable bonds is 5. The average Bonchev–Trinajstić information content (AvgIpc) is 3.02. The molecule has 1 aliphatic rings. The summed E-state index contributed by atoms with van der Waals surface area (Å²) in [4.78, 5) is 7.16. The van der Waals surface area contributed by atoms with Crippen molar-refractivity contribution in [1.82, 2.24) is 9.21 Å². The van der Waals surface area contributed by atoms with E-state index in [1.807, 2.05) is 51.1 Å². The van der Waals surface area contributed by atoms with Crippen molar-refractivity contribution in [3.63, 3.8) is 0 Å². The highest BCUT2D eigenvalue weighted by Crippen LogP contribution is 2.35. The molecule has 0 radical (unpaired) electrons. The van der Waals surface area contributed by atoms with Crippen LogP contribution in [0.5, 0.6) is 0 Å². The lowest BCUT2D eigenvalue weighted by Gasteiger charge is -2.30. The summed E-state index contributed by atoms with van der Waals surface area (Å²) in [7, 11) is -3.70. The number of sulfonamides is 1. The summed E-state index contributed by atoms with van der Waals surface area (Å²) in [5.74, 6) is 0.527. The number of guanidine groups is 1. The Bertz CT molecular complexity index is 936. The Labute approximate surface area is 168 Å². The van der Waals surface area contributed by atoms with Crippen molar-refractivity contribution in [1.29, 1.82) is 0 Å². The molecule has 0 saturated carbocycles. The smallest absolute Gasteiger partial charge is 0.266 e. The van der Waals surface area contributed by atoms with Crippen molar-refractivity contribution < 1.29 is 8.42 Å². The first kappa shape index (κ1) is 20.4. The van der Waals surface area contributed by atoms with E-state index in [0.717, 1.165) is 11.1 Å². The van der Waals surface area contributed by atoms with Crippen LogP contribution < -0.4 is 0 Å². The van der Waals surface area contributed by atoms with Gasteiger partial charge in [0.15, 0.2) is 0 Å². The minimum Gasteiger partial charge on any atom is -0.331 e. The number of aliphatic imine (C=N–C) groups is 1. The second-order valence-corrected chi connectivity index (χ2v) is 9.66. The van der Waals surface area contributed by atoms with Crippen LogP contribution in [0.2, 0.25) is 0 Å². The van der Waals surface area contributed by atoms with E-state index >= 15 is 0 Å². The standard InChI is InChI=1S/C22H29N3O2S/c1-16(2)23-22-24(28(26,27)20-13-11-18(5)12-14-20)15-21(25(22)17(3)4)19-9-7-6-8-10-19/h6-14,16-17,21H,15H2,1-5H3. The molecule has 0 spiro atoms. The Balaban J connectivity index is 2.12. The maximum atomic E-state index is 13.5. The molecule has 1 fully saturated rings. The van der Waals surface area contributed by atoms with Gasteiger partial charge in [-0.2, -0.15) is 0 Å². The highest BCUT2D eigenvalue weighted by molar-refractivity contribution is 7.89. The number of nitrogens with zero attached hydrogens (tertiary/aromatic N) is 3. The van der Waals surface area contributed by atoms with Crippen LogP contribution in [0.25, 0.3) is 0 Å². The fourth-order valence-corrected chi connectivity index (χ4v) is 4.96. The molecule has 6 heteroatoms. The van der Waals surface area contributed by atoms with Crippen LogP contribution in [-0.2, 0) is 10.0 Å². The van der Waals surface area contributed by atoms with Gasteiger partial charge in [0.05, 0.1) is 17.5 Å². The Hall–Kier alpha value is -2.34. The molecule has 1 heterocycles. The lowest BCUT2D eigenvalue weighted by molar-refractivity contribution is 0.296. The van der Waals surface area contributed by atoms with Crippen LogP contribution in [0.15, 0.2) is 64.5 Å². The third-order valence-corrected chi connectivity index (χ3v) is 6.61. The third kappa shape index (κ3) is 3.92. The quantitative estimate of drug-likeness (QED) is 0.757. The molecule has 0 aromatic heterocycles. The topological polar surface area (TPSA) is 53.0 Å². The van der Waals surface area contributed by atoms with Gasteiger partial charge < -0.3 is 4.90 Å². The maximum absolute atomic E-state index is 13.5. The molecule has 1 unspecified atom stereocenters. The molecule has 2 aromatic carbocycles. The van der Waals surface area contributed by atoms with Gasteiger partial charge in [-0.25, -0.2) is 17.7 Å². The van der Waals surface area contributed by atoms with E-state index in [2.05, 4.69) is 30.9 Å². The fourth-order valence-electron chi connectivity index (χ4n) is 3.53. The summed E-state index contributed by atoms with van der Waals surface area (Å²) in [6.45, 7) is 10.4. The van der Waals surface area contributed by atoms with Crippen molar-refractivity contribution in [2.45, 2.75) is 57.6 Å². The Morgan fingerprint density at radius 1 is 0.964 bits per heavy atom. The lowest BCUT2D eigenvalue weighted by atomic mass is 10.1. The van der Waals surface area contributed by atoms with Crippen LogP contribution in [-0.4, -0.2) is 42.2 Å². The summed E-state index contributed by atoms with van der Waals surface area (Å²) >= 11 is 0. The molecule has 1 aliphatic heterocycles. The van der Waals surface area contributed by atoms with Gasteiger partial charge in [0, 0.05) is 12.1 Å². The normalized spacial score (nSPS) is 19.2. The van der Waals surface area contributed by atoms with Crippen LogP contribution >= 0.6 is 0 Å². The van der Waals surface area contributed by atoms with Gasteiger partial charge in [-0.15, -0.1) is 0 Å². The van der Waals surface area contributed by atoms with Crippen molar-refractivity contribution in [2.75, 3.05) is 6.54 Å². The van der Waals surface area contributed by atoms with Crippen LogP contribution in [0.3, 0.4) is 0 Å². The summed E-state index contributed by atoms with van der Waals surface area (Å²) in [5, 5.41) is 0. The largest absolute Gasteiger partial charge is 0.331 e. The molecule has 150 valence electrons. The molecular formula is C22H29N3O2S. The van der Waals surface area contributed by atoms with E-state index < -0.39 is 10.0 Å². The molecular weight excluding hydrogens is 370 g/mol. The van der Waals surface area contributed by atoms with Gasteiger partial charge >= 0.3 is 0 Å². The zero-order chi connectivity index (χ0) is 20.5. The van der Waals surface area contributed by atoms with Crippen molar-refractivity contribution in [3.8, 4) is 0 Å². The molecule has 28 heavy (non-hydrogen) atoms. The van der Waals surface area contributed by atoms with Gasteiger partial charge in [0.25, 0.3) is 10.0 Å². The summed E-state index contributed by atoms with van der Waals surface area (Å²) < 4.78 is 28.5. The fraction of sp³-hybridized carbons (Fsp3) is 0.409. The lowest BCUT2D eigenvalue weighted by Crippen LogP contribution is -2.41. The first-order valence-corrected chi connectivity index (χ1v) is 11.2. The second kappa shape index (κ2) is 7.95. The van der Waals surface area contributed by atoms with Crippen LogP contribution in [0, 0.1) is 6.92 Å². The first-order valence-electron chi connectivity index (χ1n) is 9.72. The van der Waals surface area contributed by atoms with E-state index in [0.29, 0.717) is 17.4 Å². The van der Waals surface area contributed by atoms with Crippen molar-refractivity contribution >= 4 is 16.0 Å². The number of aryl methyl sites for hydroxylation is 1. The summed E-state index contributed by atoms with van der Waals surface area (Å²) in [5.41, 5.74) is 2.12. The molecule has 2 aromatic rings. The van der Waals surface area contributed by atoms with Gasteiger partial charge in [-0.1, -0.05) is 48.0 Å². The summed E-state index contributed by atoms with van der Waals surface area (Å²) in [6.07, 6.45) is 0. The molecule has 0 N–H and O–H groups in total. The van der Waals surface area contributed by atoms with E-state index in [1.54, 1.807) is 12.1 Å². The van der Waals surface area contributed by atoms with Gasteiger partial charge in [0.1, 0.15) is 0 Å². The molecule has 1 saturated heterocycles. The summed E-state index contributed by atoms with van der Waals surface area (Å²) in [6, 6.07) is 17.1. The SMILES string of the molecule is Cc1ccc(S(=O)(=O)N2CC(c3ccccc3)N(C(C)C)C2=NC(C)C)cc1. The monoisotopic (exact) mass is 399 g/mol. The number of hydrogen-bond acceptors (Lipinski definition) is 3. The van der Waals surface area contributed by atoms with E-state index in [1.165, 1.54) is 4.31 Å². The van der Waals surface area contributed by atoms with Gasteiger partial charge in [-0.3, -0.25) is 0 Å². The van der Waals surface area contributed by atoms with Crippen molar-refractivity contribution in [2.24, 2.45) is 4.99 Å². The average molecular weight is 400 g/mol. The third-order valence-electron chi connectivity index (χ3n) is 4.85. The Morgan fingerprint density at radius 3 is 2.11 bits per heavy atom. The molecule has 0 amide bonds. The van der Waals surface area contributed by atoms with Crippen LogP contribution in [0.4, 0.5) is 0 Å². The van der Waals surface area contributed by atoms with Crippen LogP contribution in [0.1, 0.15) is 44.9 Å². The Kier molecular flexibility index (Phi) is 5.79. The number of hydrogen-bond donors (Lipinski definition) is 0. The highest BCUT2D eigenvalue weighted by atomic mass is 32.2.